The van der Waals surface area contributed by atoms with E-state index in [1.165, 1.54) is 0 Å². The Morgan fingerprint density at radius 2 is 2.11 bits per heavy atom. The summed E-state index contributed by atoms with van der Waals surface area (Å²) in [5, 5.41) is 22.8. The van der Waals surface area contributed by atoms with E-state index in [0.717, 1.165) is 4.47 Å². The molecule has 2 rings (SSSR count). The molecule has 1 unspecified atom stereocenters. The van der Waals surface area contributed by atoms with Crippen molar-refractivity contribution in [2.75, 3.05) is 11.9 Å². The fourth-order valence-electron chi connectivity index (χ4n) is 2.34. The zero-order valence-corrected chi connectivity index (χ0v) is 12.9. The van der Waals surface area contributed by atoms with Gasteiger partial charge in [-0.05, 0) is 18.6 Å². The Hall–Kier alpha value is -0.430. The van der Waals surface area contributed by atoms with Gasteiger partial charge in [-0.2, -0.15) is 0 Å². The number of fused-ring (bicyclic) bond motifs is 1. The molecule has 6 heteroatoms. The molecule has 18 heavy (non-hydrogen) atoms. The van der Waals surface area contributed by atoms with Crippen molar-refractivity contribution in [1.29, 1.82) is 0 Å². The average Bonchev–Trinajstić information content (AvgIpc) is 2.53. The first-order valence-electron chi connectivity index (χ1n) is 5.59. The molecule has 2 atom stereocenters. The minimum absolute atomic E-state index is 0.248. The van der Waals surface area contributed by atoms with E-state index in [9.17, 15) is 15.0 Å². The Morgan fingerprint density at radius 1 is 1.44 bits per heavy atom. The van der Waals surface area contributed by atoms with Gasteiger partial charge < -0.3 is 15.5 Å². The van der Waals surface area contributed by atoms with Crippen molar-refractivity contribution in [3.63, 3.8) is 0 Å². The molecule has 0 aliphatic carbocycles. The summed E-state index contributed by atoms with van der Waals surface area (Å²) in [6.45, 7) is 1.58. The number of amides is 1. The SMILES string of the molecule is CCC(CO)[C@]1(O)C(=O)Nc2cc(Br)cc(Br)c21. The number of rotatable bonds is 3. The van der Waals surface area contributed by atoms with E-state index in [4.69, 9.17) is 0 Å². The van der Waals surface area contributed by atoms with Gasteiger partial charge in [-0.15, -0.1) is 0 Å². The summed E-state index contributed by atoms with van der Waals surface area (Å²) in [7, 11) is 0. The topological polar surface area (TPSA) is 69.6 Å². The van der Waals surface area contributed by atoms with Crippen LogP contribution < -0.4 is 5.32 Å². The van der Waals surface area contributed by atoms with Gasteiger partial charge in [0.25, 0.3) is 5.91 Å². The van der Waals surface area contributed by atoms with Crippen LogP contribution in [0.3, 0.4) is 0 Å². The van der Waals surface area contributed by atoms with Crippen molar-refractivity contribution in [3.05, 3.63) is 26.6 Å². The summed E-state index contributed by atoms with van der Waals surface area (Å²) >= 11 is 6.70. The maximum absolute atomic E-state index is 12.1. The summed E-state index contributed by atoms with van der Waals surface area (Å²) in [6.07, 6.45) is 0.502. The molecular formula is C12H13Br2NO3. The maximum Gasteiger partial charge on any atom is 0.261 e. The van der Waals surface area contributed by atoms with Gasteiger partial charge in [-0.1, -0.05) is 38.8 Å². The van der Waals surface area contributed by atoms with Crippen molar-refractivity contribution in [3.8, 4) is 0 Å². The molecular weight excluding hydrogens is 366 g/mol. The second-order valence-electron chi connectivity index (χ2n) is 4.32. The molecule has 1 aliphatic heterocycles. The third-order valence-corrected chi connectivity index (χ3v) is 4.42. The number of benzene rings is 1. The predicted molar refractivity (Wildman–Crippen MR) is 75.2 cm³/mol. The minimum atomic E-state index is -1.68. The van der Waals surface area contributed by atoms with Crippen LogP contribution in [0.25, 0.3) is 0 Å². The Kier molecular flexibility index (Phi) is 3.82. The normalized spacial score (nSPS) is 23.7. The number of carbonyl (C=O) groups excluding carboxylic acids is 1. The Balaban J connectivity index is 2.63. The molecule has 0 fully saturated rings. The second-order valence-corrected chi connectivity index (χ2v) is 6.09. The lowest BCUT2D eigenvalue weighted by molar-refractivity contribution is -0.142. The largest absolute Gasteiger partial charge is 0.396 e. The Bertz CT molecular complexity index is 502. The number of hydrogen-bond acceptors (Lipinski definition) is 3. The monoisotopic (exact) mass is 377 g/mol. The van der Waals surface area contributed by atoms with Gasteiger partial charge in [0.05, 0.1) is 0 Å². The lowest BCUT2D eigenvalue weighted by atomic mass is 9.81. The average molecular weight is 379 g/mol. The standard InChI is InChI=1S/C12H13Br2NO3/c1-2-6(5-16)12(18)10-8(14)3-7(13)4-9(10)15-11(12)17/h3-4,6,16,18H,2,5H2,1H3,(H,15,17)/t6?,12-/m1/s1. The van der Waals surface area contributed by atoms with Crippen LogP contribution in [0, 0.1) is 5.92 Å². The van der Waals surface area contributed by atoms with Gasteiger partial charge in [-0.25, -0.2) is 0 Å². The summed E-state index contributed by atoms with van der Waals surface area (Å²) in [5.74, 6) is -1.02. The molecule has 1 aromatic rings. The number of hydrogen-bond donors (Lipinski definition) is 3. The molecule has 0 bridgehead atoms. The van der Waals surface area contributed by atoms with E-state index in [0.29, 0.717) is 22.1 Å². The first-order chi connectivity index (χ1) is 8.44. The van der Waals surface area contributed by atoms with Gasteiger partial charge in [0.2, 0.25) is 0 Å². The lowest BCUT2D eigenvalue weighted by Gasteiger charge is -2.29. The molecule has 0 saturated carbocycles. The van der Waals surface area contributed by atoms with Crippen molar-refractivity contribution in [2.45, 2.75) is 18.9 Å². The van der Waals surface area contributed by atoms with Crippen molar-refractivity contribution in [1.82, 2.24) is 0 Å². The van der Waals surface area contributed by atoms with E-state index in [1.54, 1.807) is 12.1 Å². The molecule has 3 N–H and O–H groups in total. The van der Waals surface area contributed by atoms with Crippen molar-refractivity contribution < 1.29 is 15.0 Å². The molecule has 1 amide bonds. The van der Waals surface area contributed by atoms with Crippen molar-refractivity contribution in [2.24, 2.45) is 5.92 Å². The van der Waals surface area contributed by atoms with Gasteiger partial charge in [0.15, 0.2) is 5.60 Å². The Morgan fingerprint density at radius 3 is 2.67 bits per heavy atom. The van der Waals surface area contributed by atoms with Gasteiger partial charge in [-0.3, -0.25) is 4.79 Å². The second kappa shape index (κ2) is 4.92. The van der Waals surface area contributed by atoms with E-state index in [2.05, 4.69) is 37.2 Å². The van der Waals surface area contributed by atoms with Gasteiger partial charge in [0, 0.05) is 32.7 Å². The number of carbonyl (C=O) groups is 1. The Labute approximate surface area is 122 Å². The summed E-state index contributed by atoms with van der Waals surface area (Å²) < 4.78 is 1.44. The van der Waals surface area contributed by atoms with E-state index in [-0.39, 0.29) is 6.61 Å². The first-order valence-corrected chi connectivity index (χ1v) is 7.17. The fourth-order valence-corrected chi connectivity index (χ4v) is 3.86. The van der Waals surface area contributed by atoms with Crippen LogP contribution in [0.15, 0.2) is 21.1 Å². The zero-order valence-electron chi connectivity index (χ0n) is 9.70. The molecule has 0 spiro atoms. The lowest BCUT2D eigenvalue weighted by Crippen LogP contribution is -2.43. The smallest absolute Gasteiger partial charge is 0.261 e. The predicted octanol–water partition coefficient (Wildman–Crippen LogP) is 2.37. The summed E-state index contributed by atoms with van der Waals surface area (Å²) in [5.41, 5.74) is -0.620. The number of halogens is 2. The van der Waals surface area contributed by atoms with Crippen LogP contribution in [0.4, 0.5) is 5.69 Å². The molecule has 1 aliphatic rings. The summed E-state index contributed by atoms with van der Waals surface area (Å²) in [4.78, 5) is 12.1. The maximum atomic E-state index is 12.1. The summed E-state index contributed by atoms with van der Waals surface area (Å²) in [6, 6.07) is 3.51. The van der Waals surface area contributed by atoms with Crippen LogP contribution in [0.1, 0.15) is 18.9 Å². The number of aliphatic hydroxyl groups excluding tert-OH is 1. The molecule has 1 aromatic carbocycles. The minimum Gasteiger partial charge on any atom is -0.396 e. The van der Waals surface area contributed by atoms with E-state index >= 15 is 0 Å². The number of anilines is 1. The molecule has 1 heterocycles. The number of nitrogens with one attached hydrogen (secondary N) is 1. The van der Waals surface area contributed by atoms with Crippen LogP contribution >= 0.6 is 31.9 Å². The van der Waals surface area contributed by atoms with Crippen LogP contribution in [-0.2, 0) is 10.4 Å². The highest BCUT2D eigenvalue weighted by molar-refractivity contribution is 9.11. The third kappa shape index (κ3) is 1.91. The zero-order chi connectivity index (χ0) is 13.5. The van der Waals surface area contributed by atoms with E-state index < -0.39 is 17.4 Å². The molecule has 0 aromatic heterocycles. The molecule has 98 valence electrons. The van der Waals surface area contributed by atoms with Gasteiger partial charge in [0.1, 0.15) is 0 Å². The molecule has 0 saturated heterocycles. The fraction of sp³-hybridized carbons (Fsp3) is 0.417. The highest BCUT2D eigenvalue weighted by atomic mass is 79.9. The number of aliphatic hydroxyl groups is 2. The van der Waals surface area contributed by atoms with Crippen LogP contribution in [-0.4, -0.2) is 22.7 Å². The molecule has 0 radical (unpaired) electrons. The highest BCUT2D eigenvalue weighted by Gasteiger charge is 2.51. The molecule has 4 nitrogen and oxygen atoms in total. The van der Waals surface area contributed by atoms with E-state index in [1.807, 2.05) is 6.92 Å². The highest BCUT2D eigenvalue weighted by Crippen LogP contribution is 2.46. The van der Waals surface area contributed by atoms with Crippen molar-refractivity contribution >= 4 is 43.5 Å². The quantitative estimate of drug-likeness (QED) is 0.756. The van der Waals surface area contributed by atoms with Crippen LogP contribution in [0.5, 0.6) is 0 Å². The third-order valence-electron chi connectivity index (χ3n) is 3.33. The van der Waals surface area contributed by atoms with Crippen LogP contribution in [0.2, 0.25) is 0 Å². The van der Waals surface area contributed by atoms with Gasteiger partial charge >= 0.3 is 0 Å². The first kappa shape index (κ1) is 14.0.